The van der Waals surface area contributed by atoms with Crippen LogP contribution in [0.25, 0.3) is 0 Å². The molecule has 0 spiro atoms. The SMILES string of the molecule is C[C@@]1(C#N)COCc2ccc(C(=O)NCC3=C[I-]C=C4CCN(c5cncc(N6CCOCC6)n5)CC4=C3)cc21. The summed E-state index contributed by atoms with van der Waals surface area (Å²) in [4.78, 5) is 27.1. The summed E-state index contributed by atoms with van der Waals surface area (Å²) in [5, 5.41) is 12.8. The van der Waals surface area contributed by atoms with E-state index in [4.69, 9.17) is 14.5 Å². The van der Waals surface area contributed by atoms with Crippen LogP contribution in [-0.4, -0.2) is 68.4 Å². The van der Waals surface area contributed by atoms with Gasteiger partial charge in [0.15, 0.2) is 0 Å². The Morgan fingerprint density at radius 2 is 1.95 bits per heavy atom. The Morgan fingerprint density at radius 1 is 1.12 bits per heavy atom. The van der Waals surface area contributed by atoms with Crippen LogP contribution in [0.3, 0.4) is 0 Å². The van der Waals surface area contributed by atoms with E-state index in [1.807, 2.05) is 37.5 Å². The molecule has 1 atom stereocenters. The molecular weight excluding hydrogens is 619 g/mol. The van der Waals surface area contributed by atoms with E-state index in [0.717, 1.165) is 60.9 Å². The number of aromatic nitrogens is 2. The molecule has 0 aliphatic carbocycles. The van der Waals surface area contributed by atoms with E-state index < -0.39 is 5.41 Å². The summed E-state index contributed by atoms with van der Waals surface area (Å²) in [6.45, 7) is 7.89. The molecule has 2 aromatic rings. The predicted molar refractivity (Wildman–Crippen MR) is 148 cm³/mol. The van der Waals surface area contributed by atoms with Crippen molar-refractivity contribution in [3.8, 4) is 6.07 Å². The fourth-order valence-electron chi connectivity index (χ4n) is 5.41. The van der Waals surface area contributed by atoms with Gasteiger partial charge in [-0.05, 0) is 0 Å². The van der Waals surface area contributed by atoms with Crippen LogP contribution >= 0.6 is 0 Å². The maximum absolute atomic E-state index is 13.1. The third kappa shape index (κ3) is 5.64. The number of hydrogen-bond donors (Lipinski definition) is 1. The zero-order valence-electron chi connectivity index (χ0n) is 22.5. The number of ether oxygens (including phenoxy) is 2. The van der Waals surface area contributed by atoms with Gasteiger partial charge in [-0.1, -0.05) is 0 Å². The molecule has 208 valence electrons. The van der Waals surface area contributed by atoms with Crippen LogP contribution in [0.4, 0.5) is 11.6 Å². The van der Waals surface area contributed by atoms with Crippen LogP contribution in [-0.2, 0) is 21.5 Å². The van der Waals surface area contributed by atoms with Gasteiger partial charge in [0.25, 0.3) is 0 Å². The van der Waals surface area contributed by atoms with Crippen LogP contribution in [0.2, 0.25) is 0 Å². The van der Waals surface area contributed by atoms with E-state index in [2.05, 4.69) is 40.4 Å². The Balaban J connectivity index is 1.13. The van der Waals surface area contributed by atoms with Gasteiger partial charge < -0.3 is 0 Å². The monoisotopic (exact) mass is 651 g/mol. The first-order chi connectivity index (χ1) is 19.5. The molecule has 1 aromatic carbocycles. The Hall–Kier alpha value is -3.27. The third-order valence-electron chi connectivity index (χ3n) is 7.77. The average Bonchev–Trinajstić information content (AvgIpc) is 3.22. The van der Waals surface area contributed by atoms with Gasteiger partial charge in [0.2, 0.25) is 0 Å². The molecule has 2 fully saturated rings. The van der Waals surface area contributed by atoms with E-state index in [1.165, 1.54) is 11.1 Å². The number of carbonyl (C=O) groups is 1. The molecule has 4 aliphatic rings. The summed E-state index contributed by atoms with van der Waals surface area (Å²) in [6, 6.07) is 7.94. The zero-order valence-corrected chi connectivity index (χ0v) is 24.7. The third-order valence-corrected chi connectivity index (χ3v) is 10.0. The standard InChI is InChI=1S/C30H32IN6O3/c1-30(19-32)20-40-18-24-3-2-22(11-26(24)30)29(38)34-14-21-10-25-17-37(5-4-23(25)13-31-12-21)28-16-33-15-27(35-28)36-6-8-39-9-7-36/h2-3,10-13,15-16H,4-9,14,17-18,20H2,1H3,(H,34,38)/q-1/t30-/m1/s1. The molecule has 10 heteroatoms. The second kappa shape index (κ2) is 11.7. The molecule has 0 saturated carbocycles. The minimum atomic E-state index is -0.746. The zero-order chi connectivity index (χ0) is 27.5. The molecule has 40 heavy (non-hydrogen) atoms. The number of nitriles is 1. The number of fused-ring (bicyclic) bond motifs is 2. The summed E-state index contributed by atoms with van der Waals surface area (Å²) in [5.41, 5.74) is 5.49. The van der Waals surface area contributed by atoms with Gasteiger partial charge in [-0.2, -0.15) is 0 Å². The van der Waals surface area contributed by atoms with Gasteiger partial charge in [-0.15, -0.1) is 0 Å². The molecule has 5 heterocycles. The van der Waals surface area contributed by atoms with Crippen molar-refractivity contribution in [2.75, 3.05) is 62.3 Å². The second-order valence-corrected chi connectivity index (χ2v) is 12.6. The van der Waals surface area contributed by atoms with Gasteiger partial charge >= 0.3 is 246 Å². The molecule has 9 nitrogen and oxygen atoms in total. The van der Waals surface area contributed by atoms with Crippen molar-refractivity contribution in [2.45, 2.75) is 25.4 Å². The van der Waals surface area contributed by atoms with Crippen LogP contribution in [0.1, 0.15) is 34.8 Å². The molecule has 0 bridgehead atoms. The van der Waals surface area contributed by atoms with Gasteiger partial charge in [0.1, 0.15) is 0 Å². The summed E-state index contributed by atoms with van der Waals surface area (Å²) in [7, 11) is 0. The Morgan fingerprint density at radius 3 is 2.77 bits per heavy atom. The summed E-state index contributed by atoms with van der Waals surface area (Å²) in [5.74, 6) is 1.66. The van der Waals surface area contributed by atoms with Crippen molar-refractivity contribution in [1.29, 1.82) is 5.26 Å². The molecule has 4 aliphatic heterocycles. The fraction of sp³-hybridized carbons (Fsp3) is 0.400. The van der Waals surface area contributed by atoms with Crippen molar-refractivity contribution < 1.29 is 35.5 Å². The van der Waals surface area contributed by atoms with Crippen LogP contribution in [0.5, 0.6) is 0 Å². The fourth-order valence-corrected chi connectivity index (χ4v) is 7.60. The van der Waals surface area contributed by atoms with Crippen molar-refractivity contribution in [3.63, 3.8) is 0 Å². The summed E-state index contributed by atoms with van der Waals surface area (Å²) >= 11 is -0.236. The number of halogens is 1. The predicted octanol–water partition coefficient (Wildman–Crippen LogP) is 0.0616. The van der Waals surface area contributed by atoms with Crippen LogP contribution in [0.15, 0.2) is 61.6 Å². The Kier molecular flexibility index (Phi) is 7.87. The van der Waals surface area contributed by atoms with E-state index in [0.29, 0.717) is 38.5 Å². The number of benzene rings is 1. The Bertz CT molecular complexity index is 1440. The molecular formula is C30H32IN6O3-. The number of morpholine rings is 1. The van der Waals surface area contributed by atoms with E-state index in [1.54, 1.807) is 0 Å². The van der Waals surface area contributed by atoms with Gasteiger partial charge in [-0.3, -0.25) is 0 Å². The Labute approximate surface area is 244 Å². The summed E-state index contributed by atoms with van der Waals surface area (Å²) < 4.78 is 15.8. The number of rotatable bonds is 5. The van der Waals surface area contributed by atoms with Crippen molar-refractivity contribution in [2.24, 2.45) is 0 Å². The average molecular weight is 652 g/mol. The van der Waals surface area contributed by atoms with E-state index in [9.17, 15) is 10.1 Å². The van der Waals surface area contributed by atoms with E-state index in [-0.39, 0.29) is 27.1 Å². The first kappa shape index (κ1) is 26.9. The number of hydrogen-bond acceptors (Lipinski definition) is 8. The van der Waals surface area contributed by atoms with Crippen molar-refractivity contribution in [3.05, 3.63) is 78.2 Å². The van der Waals surface area contributed by atoms with Gasteiger partial charge in [0, 0.05) is 0 Å². The molecule has 0 radical (unpaired) electrons. The van der Waals surface area contributed by atoms with Crippen molar-refractivity contribution in [1.82, 2.24) is 15.3 Å². The van der Waals surface area contributed by atoms with E-state index >= 15 is 0 Å². The molecule has 1 aromatic heterocycles. The first-order valence-corrected chi connectivity index (χ1v) is 16.0. The van der Waals surface area contributed by atoms with Crippen LogP contribution < -0.4 is 36.3 Å². The van der Waals surface area contributed by atoms with Crippen molar-refractivity contribution >= 4 is 17.5 Å². The number of anilines is 2. The second-order valence-electron chi connectivity index (χ2n) is 10.6. The number of piperidine rings is 1. The molecule has 1 amide bonds. The molecule has 0 unspecified atom stereocenters. The molecule has 6 rings (SSSR count). The molecule has 1 N–H and O–H groups in total. The first-order valence-electron chi connectivity index (χ1n) is 13.5. The number of nitrogens with one attached hydrogen (secondary N) is 1. The van der Waals surface area contributed by atoms with Gasteiger partial charge in [0.05, 0.1) is 0 Å². The number of carbonyl (C=O) groups excluding carboxylic acids is 1. The van der Waals surface area contributed by atoms with Crippen LogP contribution in [0, 0.1) is 11.3 Å². The molecule has 2 saturated heterocycles. The quantitative estimate of drug-likeness (QED) is 0.454. The maximum atomic E-state index is 13.1. The van der Waals surface area contributed by atoms with Gasteiger partial charge in [-0.25, -0.2) is 0 Å². The number of nitrogens with zero attached hydrogens (tertiary/aromatic N) is 5. The topological polar surface area (TPSA) is 104 Å². The summed E-state index contributed by atoms with van der Waals surface area (Å²) in [6.07, 6.45) is 6.89. The number of amides is 1. The normalized spacial score (nSPS) is 22.8. The minimum absolute atomic E-state index is 0.134.